The van der Waals surface area contributed by atoms with Crippen LogP contribution in [-0.4, -0.2) is 21.2 Å². The summed E-state index contributed by atoms with van der Waals surface area (Å²) in [5, 5.41) is 0. The third-order valence-electron chi connectivity index (χ3n) is 3.74. The zero-order valence-corrected chi connectivity index (χ0v) is 13.4. The molecular weight excluding hydrogens is 295 g/mol. The number of aromatic nitrogens is 2. The van der Waals surface area contributed by atoms with E-state index in [1.54, 1.807) is 6.07 Å². The van der Waals surface area contributed by atoms with Crippen LogP contribution in [0.5, 0.6) is 0 Å². The molecule has 120 valence electrons. The van der Waals surface area contributed by atoms with Crippen molar-refractivity contribution in [2.75, 3.05) is 0 Å². The van der Waals surface area contributed by atoms with Gasteiger partial charge in [-0.25, -0.2) is 9.18 Å². The van der Waals surface area contributed by atoms with Gasteiger partial charge >= 0.3 is 5.97 Å². The molecule has 0 radical (unpaired) electrons. The van der Waals surface area contributed by atoms with E-state index in [0.717, 1.165) is 16.6 Å². The highest BCUT2D eigenvalue weighted by atomic mass is 19.1. The molecule has 0 N–H and O–H groups in total. The van der Waals surface area contributed by atoms with Crippen LogP contribution >= 0.6 is 0 Å². The van der Waals surface area contributed by atoms with Crippen LogP contribution in [-0.2, 0) is 18.3 Å². The summed E-state index contributed by atoms with van der Waals surface area (Å²) in [6, 6.07) is 10.2. The first-order valence-corrected chi connectivity index (χ1v) is 7.55. The maximum absolute atomic E-state index is 13.4. The largest absolute Gasteiger partial charge is 0.458 e. The zero-order chi connectivity index (χ0) is 16.6. The van der Waals surface area contributed by atoms with E-state index in [1.807, 2.05) is 54.4 Å². The number of carbonyl (C=O) groups excluding carboxylic acids is 1. The van der Waals surface area contributed by atoms with Crippen LogP contribution in [0, 0.1) is 5.82 Å². The predicted octanol–water partition coefficient (Wildman–Crippen LogP) is 3.73. The molecule has 0 atom stereocenters. The minimum Gasteiger partial charge on any atom is -0.458 e. The second-order valence-electron chi connectivity index (χ2n) is 5.90. The van der Waals surface area contributed by atoms with Crippen LogP contribution in [0.25, 0.3) is 11.0 Å². The van der Waals surface area contributed by atoms with E-state index in [-0.39, 0.29) is 17.9 Å². The first-order valence-electron chi connectivity index (χ1n) is 7.55. The fourth-order valence-corrected chi connectivity index (χ4v) is 2.70. The number of halogens is 1. The van der Waals surface area contributed by atoms with Gasteiger partial charge in [-0.2, -0.15) is 0 Å². The highest BCUT2D eigenvalue weighted by molar-refractivity contribution is 5.95. The molecule has 23 heavy (non-hydrogen) atoms. The van der Waals surface area contributed by atoms with Crippen LogP contribution in [0.1, 0.15) is 29.9 Å². The van der Waals surface area contributed by atoms with E-state index in [1.165, 1.54) is 12.1 Å². The fraction of sp³-hybridized carbons (Fsp3) is 0.278. The predicted molar refractivity (Wildman–Crippen MR) is 87.0 cm³/mol. The Kier molecular flexibility index (Phi) is 3.94. The van der Waals surface area contributed by atoms with Gasteiger partial charge in [0, 0.05) is 19.8 Å². The van der Waals surface area contributed by atoms with E-state index < -0.39 is 0 Å². The quantitative estimate of drug-likeness (QED) is 0.688. The molecule has 3 rings (SSSR count). The SMILES string of the molecule is CC(C)OC(=O)c1cc2c(ccn2C)n1Cc1cccc(F)c1. The molecule has 0 amide bonds. The Bertz CT molecular complexity index is 861. The molecule has 4 nitrogen and oxygen atoms in total. The van der Waals surface area contributed by atoms with E-state index in [0.29, 0.717) is 12.2 Å². The Labute approximate surface area is 134 Å². The number of aryl methyl sites for hydroxylation is 1. The van der Waals surface area contributed by atoms with Crippen molar-refractivity contribution in [1.82, 2.24) is 9.13 Å². The number of nitrogens with zero attached hydrogens (tertiary/aromatic N) is 2. The molecule has 1 aromatic carbocycles. The maximum Gasteiger partial charge on any atom is 0.355 e. The molecule has 5 heteroatoms. The van der Waals surface area contributed by atoms with Gasteiger partial charge in [0.05, 0.1) is 17.1 Å². The summed E-state index contributed by atoms with van der Waals surface area (Å²) < 4.78 is 22.6. The zero-order valence-electron chi connectivity index (χ0n) is 13.4. The third kappa shape index (κ3) is 2.99. The third-order valence-corrected chi connectivity index (χ3v) is 3.74. The first-order chi connectivity index (χ1) is 11.0. The molecule has 0 saturated heterocycles. The average Bonchev–Trinajstić information content (AvgIpc) is 3.00. The van der Waals surface area contributed by atoms with Gasteiger partial charge in [0.25, 0.3) is 0 Å². The van der Waals surface area contributed by atoms with Crippen molar-refractivity contribution in [2.45, 2.75) is 26.5 Å². The smallest absolute Gasteiger partial charge is 0.355 e. The van der Waals surface area contributed by atoms with Gasteiger partial charge < -0.3 is 13.9 Å². The fourth-order valence-electron chi connectivity index (χ4n) is 2.70. The van der Waals surface area contributed by atoms with Gasteiger partial charge in [-0.1, -0.05) is 12.1 Å². The second-order valence-corrected chi connectivity index (χ2v) is 5.90. The summed E-state index contributed by atoms with van der Waals surface area (Å²) in [4.78, 5) is 12.4. The van der Waals surface area contributed by atoms with Crippen LogP contribution < -0.4 is 0 Å². The molecule has 0 aliphatic heterocycles. The molecule has 3 aromatic rings. The van der Waals surface area contributed by atoms with Crippen LogP contribution in [0.4, 0.5) is 4.39 Å². The lowest BCUT2D eigenvalue weighted by atomic mass is 10.2. The summed E-state index contributed by atoms with van der Waals surface area (Å²) in [6.07, 6.45) is 1.74. The Morgan fingerprint density at radius 1 is 1.22 bits per heavy atom. The van der Waals surface area contributed by atoms with Crippen molar-refractivity contribution in [3.63, 3.8) is 0 Å². The van der Waals surface area contributed by atoms with Gasteiger partial charge in [0.1, 0.15) is 11.5 Å². The number of carbonyl (C=O) groups is 1. The Morgan fingerprint density at radius 2 is 2.00 bits per heavy atom. The highest BCUT2D eigenvalue weighted by Crippen LogP contribution is 2.23. The van der Waals surface area contributed by atoms with Crippen molar-refractivity contribution in [2.24, 2.45) is 7.05 Å². The summed E-state index contributed by atoms with van der Waals surface area (Å²) in [5.74, 6) is -0.655. The number of hydrogen-bond acceptors (Lipinski definition) is 2. The number of esters is 1. The number of ether oxygens (including phenoxy) is 1. The van der Waals surface area contributed by atoms with Gasteiger partial charge in [-0.3, -0.25) is 0 Å². The molecule has 0 saturated carbocycles. The molecule has 0 aliphatic carbocycles. The number of fused-ring (bicyclic) bond motifs is 1. The molecule has 0 fully saturated rings. The van der Waals surface area contributed by atoms with Crippen molar-refractivity contribution < 1.29 is 13.9 Å². The van der Waals surface area contributed by atoms with Crippen molar-refractivity contribution in [3.05, 3.63) is 59.7 Å². The minimum absolute atomic E-state index is 0.192. The first kappa shape index (κ1) is 15.3. The highest BCUT2D eigenvalue weighted by Gasteiger charge is 2.19. The summed E-state index contributed by atoms with van der Waals surface area (Å²) >= 11 is 0. The molecule has 0 unspecified atom stereocenters. The van der Waals surface area contributed by atoms with Crippen molar-refractivity contribution in [3.8, 4) is 0 Å². The number of hydrogen-bond donors (Lipinski definition) is 0. The van der Waals surface area contributed by atoms with Crippen LogP contribution in [0.3, 0.4) is 0 Å². The lowest BCUT2D eigenvalue weighted by molar-refractivity contribution is 0.0366. The van der Waals surface area contributed by atoms with Gasteiger partial charge in [0.2, 0.25) is 0 Å². The Hall–Kier alpha value is -2.56. The molecule has 2 aromatic heterocycles. The summed E-state index contributed by atoms with van der Waals surface area (Å²) in [6.45, 7) is 4.04. The Morgan fingerprint density at radius 3 is 2.70 bits per heavy atom. The maximum atomic E-state index is 13.4. The minimum atomic E-state index is -0.368. The van der Waals surface area contributed by atoms with Crippen molar-refractivity contribution in [1.29, 1.82) is 0 Å². The lowest BCUT2D eigenvalue weighted by Crippen LogP contribution is -2.16. The molecular formula is C18H19FN2O2. The van der Waals surface area contributed by atoms with E-state index in [2.05, 4.69) is 0 Å². The van der Waals surface area contributed by atoms with Crippen LogP contribution in [0.2, 0.25) is 0 Å². The van der Waals surface area contributed by atoms with Crippen molar-refractivity contribution >= 4 is 17.0 Å². The lowest BCUT2D eigenvalue weighted by Gasteiger charge is -2.12. The van der Waals surface area contributed by atoms with E-state index in [9.17, 15) is 9.18 Å². The average molecular weight is 314 g/mol. The summed E-state index contributed by atoms with van der Waals surface area (Å²) in [7, 11) is 1.92. The number of benzene rings is 1. The van der Waals surface area contributed by atoms with Crippen LogP contribution in [0.15, 0.2) is 42.6 Å². The summed E-state index contributed by atoms with van der Waals surface area (Å²) in [5.41, 5.74) is 3.14. The van der Waals surface area contributed by atoms with E-state index in [4.69, 9.17) is 4.74 Å². The molecule has 2 heterocycles. The van der Waals surface area contributed by atoms with Gasteiger partial charge in [-0.05, 0) is 43.7 Å². The molecule has 0 spiro atoms. The molecule has 0 bridgehead atoms. The van der Waals surface area contributed by atoms with E-state index >= 15 is 0 Å². The monoisotopic (exact) mass is 314 g/mol. The Balaban J connectivity index is 2.07. The van der Waals surface area contributed by atoms with Gasteiger partial charge in [0.15, 0.2) is 0 Å². The standard InChI is InChI=1S/C18H19FN2O2/c1-12(2)23-18(22)17-10-16-15(7-8-20(16)3)21(17)11-13-5-4-6-14(19)9-13/h4-10,12H,11H2,1-3H3. The molecule has 0 aliphatic rings. The number of rotatable bonds is 4. The van der Waals surface area contributed by atoms with Gasteiger partial charge in [-0.15, -0.1) is 0 Å². The normalized spacial score (nSPS) is 11.3. The second kappa shape index (κ2) is 5.91. The topological polar surface area (TPSA) is 36.2 Å².